The molecule has 0 amide bonds. The zero-order chi connectivity index (χ0) is 29.2. The topological polar surface area (TPSA) is 350 Å². The van der Waals surface area contributed by atoms with Crippen molar-refractivity contribution in [3.63, 3.8) is 0 Å². The van der Waals surface area contributed by atoms with Gasteiger partial charge in [0.25, 0.3) is 0 Å². The molecule has 0 heterocycles. The van der Waals surface area contributed by atoms with E-state index in [1.54, 1.807) is 0 Å². The van der Waals surface area contributed by atoms with Gasteiger partial charge in [0, 0.05) is 35.8 Å². The van der Waals surface area contributed by atoms with E-state index in [-0.39, 0.29) is 53.5 Å². The molecule has 0 aliphatic carbocycles. The van der Waals surface area contributed by atoms with Crippen molar-refractivity contribution in [1.82, 2.24) is 0 Å². The van der Waals surface area contributed by atoms with Crippen LogP contribution in [0, 0.1) is 0 Å². The van der Waals surface area contributed by atoms with Gasteiger partial charge in [-0.1, -0.05) is 0 Å². The molecule has 23 heteroatoms. The molecule has 200 valence electrons. The molecule has 0 radical (unpaired) electrons. The quantitative estimate of drug-likeness (QED) is 0.193. The first kappa shape index (κ1) is 59.2. The zero-order valence-corrected chi connectivity index (χ0v) is 28.7. The van der Waals surface area contributed by atoms with Crippen LogP contribution in [0.3, 0.4) is 0 Å². The SMILES string of the molecule is CC(=O)[O-].CC(=O)[O-].CC(=O)[O-].CC(=O)[O-].CC(=O)[O-].CC(=O)[O-].O=S(=O)(O)[Se]S(=O)(=O)O.[Cd+2].[Zr+4]. The Morgan fingerprint density at radius 1 is 0.486 bits per heavy atom. The van der Waals surface area contributed by atoms with Gasteiger partial charge < -0.3 is 59.4 Å². The maximum absolute atomic E-state index is 9.69. The Hall–Kier alpha value is -1.04. The summed E-state index contributed by atoms with van der Waals surface area (Å²) in [4.78, 5) is 53.3. The van der Waals surface area contributed by atoms with Crippen molar-refractivity contribution in [3.8, 4) is 0 Å². The molecule has 2 N–H and O–H groups in total. The molecule has 0 unspecified atom stereocenters. The molecule has 0 aromatic heterocycles. The van der Waals surface area contributed by atoms with Gasteiger partial charge >= 0.3 is 109 Å². The molecular formula is C12H20CdO18S2SeZr. The minimum absolute atomic E-state index is 0. The second kappa shape index (κ2) is 37.5. The molecule has 0 atom stereocenters. The van der Waals surface area contributed by atoms with E-state index in [0.29, 0.717) is 0 Å². The molecule has 0 fully saturated rings. The standard InChI is InChI=1S/6C2H4O2.Cd.H2O6S2Se.Zr/c6*1-2(3)4;;1-7(2,3)9-8(4,5)6;/h6*1H3,(H,3,4);;(H,1,2,3)(H,4,5,6);/q;;;;;;+2;;+4/p-6. The predicted molar refractivity (Wildman–Crippen MR) is 92.9 cm³/mol. The van der Waals surface area contributed by atoms with E-state index >= 15 is 0 Å². The van der Waals surface area contributed by atoms with Crippen LogP contribution in [-0.2, 0) is 99.3 Å². The summed E-state index contributed by atoms with van der Waals surface area (Å²) in [6.07, 6.45) is 0. The molecule has 0 bridgehead atoms. The van der Waals surface area contributed by atoms with Crippen molar-refractivity contribution < 1.29 is 139 Å². The summed E-state index contributed by atoms with van der Waals surface area (Å²) in [7, 11) is -9.11. The van der Waals surface area contributed by atoms with E-state index in [1.807, 2.05) is 0 Å². The molecule has 0 rings (SSSR count). The second-order valence-corrected chi connectivity index (χ2v) is 14.0. The van der Waals surface area contributed by atoms with Crippen molar-refractivity contribution in [2.45, 2.75) is 41.5 Å². The summed E-state index contributed by atoms with van der Waals surface area (Å²) >= 11 is -2.19. The largest absolute Gasteiger partial charge is 4.00 e. The van der Waals surface area contributed by atoms with Crippen LogP contribution in [-0.4, -0.2) is 74.5 Å². The number of carboxylic acid groups (broad SMARTS) is 6. The molecule has 0 aliphatic heterocycles. The minimum Gasteiger partial charge on any atom is 2.00 e. The molecule has 0 aromatic rings. The van der Waals surface area contributed by atoms with E-state index in [1.165, 1.54) is 0 Å². The van der Waals surface area contributed by atoms with Crippen LogP contribution in [0.2, 0.25) is 0 Å². The fourth-order valence-electron chi connectivity index (χ4n) is 0.109. The third-order valence-electron chi connectivity index (χ3n) is 0.172. The number of hydrogen-bond acceptors (Lipinski definition) is 16. The van der Waals surface area contributed by atoms with Gasteiger partial charge in [-0.3, -0.25) is 0 Å². The van der Waals surface area contributed by atoms with Crippen molar-refractivity contribution in [1.29, 1.82) is 0 Å². The van der Waals surface area contributed by atoms with Gasteiger partial charge in [-0.15, -0.1) is 0 Å². The Morgan fingerprint density at radius 2 is 0.543 bits per heavy atom. The van der Waals surface area contributed by atoms with Gasteiger partial charge in [0.05, 0.1) is 0 Å². The summed E-state index contributed by atoms with van der Waals surface area (Å²) in [6.45, 7) is 5.83. The van der Waals surface area contributed by atoms with Crippen molar-refractivity contribution in [2.24, 2.45) is 0 Å². The van der Waals surface area contributed by atoms with Gasteiger partial charge in [-0.25, -0.2) is 0 Å². The van der Waals surface area contributed by atoms with Gasteiger partial charge in [-0.2, -0.15) is 0 Å². The number of aliphatic carboxylic acids is 6. The Kier molecular flexibility index (Phi) is 63.5. The normalized spacial score (nSPS) is 7.77. The number of carbonyl (C=O) groups excluding carboxylic acids is 6. The van der Waals surface area contributed by atoms with E-state index in [4.69, 9.17) is 68.5 Å². The van der Waals surface area contributed by atoms with E-state index in [0.717, 1.165) is 41.5 Å². The Bertz CT molecular complexity index is 649. The van der Waals surface area contributed by atoms with Crippen molar-refractivity contribution >= 4 is 65.6 Å². The molecule has 0 spiro atoms. The van der Waals surface area contributed by atoms with E-state index in [2.05, 4.69) is 0 Å². The van der Waals surface area contributed by atoms with Gasteiger partial charge in [0.1, 0.15) is 0 Å². The number of hydrogen-bond donors (Lipinski definition) is 2. The fourth-order valence-corrected chi connectivity index (χ4v) is 5.08. The van der Waals surface area contributed by atoms with Crippen molar-refractivity contribution in [3.05, 3.63) is 0 Å². The maximum atomic E-state index is 9.69. The van der Waals surface area contributed by atoms with Gasteiger partial charge in [-0.05, 0) is 41.5 Å². The smallest absolute Gasteiger partial charge is 2.00 e. The summed E-state index contributed by atoms with van der Waals surface area (Å²) < 4.78 is 54.4. The third-order valence-corrected chi connectivity index (χ3v) is 8.04. The van der Waals surface area contributed by atoms with E-state index < -0.39 is 65.6 Å². The van der Waals surface area contributed by atoms with Crippen LogP contribution in [0.5, 0.6) is 0 Å². The van der Waals surface area contributed by atoms with E-state index in [9.17, 15) is 16.8 Å². The zero-order valence-electron chi connectivity index (χ0n) is 18.9. The Morgan fingerprint density at radius 3 is 0.543 bits per heavy atom. The average Bonchev–Trinajstić information content (AvgIpc) is 2.28. The first-order valence-electron chi connectivity index (χ1n) is 6.81. The molecule has 18 nitrogen and oxygen atoms in total. The van der Waals surface area contributed by atoms with Crippen LogP contribution in [0.1, 0.15) is 41.5 Å². The van der Waals surface area contributed by atoms with Crippen molar-refractivity contribution in [2.75, 3.05) is 0 Å². The van der Waals surface area contributed by atoms with Crippen LogP contribution in [0.15, 0.2) is 0 Å². The molecule has 0 saturated carbocycles. The minimum atomic E-state index is -4.56. The Labute approximate surface area is 244 Å². The van der Waals surface area contributed by atoms with Gasteiger partial charge in [0.15, 0.2) is 0 Å². The molecular weight excluding hydrogens is 779 g/mol. The number of rotatable bonds is 2. The predicted octanol–water partition coefficient (Wildman–Crippen LogP) is -9.17. The van der Waals surface area contributed by atoms with Gasteiger partial charge in [0.2, 0.25) is 0 Å². The molecule has 0 aliphatic rings. The summed E-state index contributed by atoms with van der Waals surface area (Å²) in [5.74, 6) is -6.50. The monoisotopic (exact) mass is 800 g/mol. The first-order valence-corrected chi connectivity index (χ1v) is 13.7. The number of carbonyl (C=O) groups is 6. The molecule has 35 heavy (non-hydrogen) atoms. The maximum Gasteiger partial charge on any atom is 4.00 e. The molecule has 0 aromatic carbocycles. The summed E-state index contributed by atoms with van der Waals surface area (Å²) in [5, 5.41) is 53.3. The van der Waals surface area contributed by atoms with Crippen LogP contribution in [0.25, 0.3) is 0 Å². The van der Waals surface area contributed by atoms with Crippen LogP contribution in [0.4, 0.5) is 0 Å². The fraction of sp³-hybridized carbons (Fsp3) is 0.500. The number of carboxylic acids is 6. The average molecular weight is 799 g/mol. The Balaban J connectivity index is -0.0000000330. The first-order chi connectivity index (χ1) is 14.1. The van der Waals surface area contributed by atoms with Crippen LogP contribution >= 0.6 is 0 Å². The third kappa shape index (κ3) is 1280. The molecule has 0 saturated heterocycles. The summed E-state index contributed by atoms with van der Waals surface area (Å²) in [5.41, 5.74) is 0. The second-order valence-electron chi connectivity index (χ2n) is 3.87. The summed E-state index contributed by atoms with van der Waals surface area (Å²) in [6, 6.07) is 0. The van der Waals surface area contributed by atoms with Crippen LogP contribution < -0.4 is 30.6 Å².